The summed E-state index contributed by atoms with van der Waals surface area (Å²) in [6, 6.07) is 4.57. The van der Waals surface area contributed by atoms with Crippen LogP contribution < -0.4 is 10.9 Å². The van der Waals surface area contributed by atoms with E-state index in [-0.39, 0.29) is 59.6 Å². The number of hydrogen-bond donors (Lipinski definition) is 1. The van der Waals surface area contributed by atoms with E-state index in [0.717, 1.165) is 34.2 Å². The minimum atomic E-state index is -4.84. The van der Waals surface area contributed by atoms with Gasteiger partial charge in [-0.2, -0.15) is 37.2 Å². The van der Waals surface area contributed by atoms with Crippen molar-refractivity contribution in [3.8, 4) is 22.5 Å². The van der Waals surface area contributed by atoms with Crippen molar-refractivity contribution in [2.75, 3.05) is 6.54 Å². The molecule has 1 aromatic carbocycles. The monoisotopic (exact) mass is 798 g/mol. The van der Waals surface area contributed by atoms with Crippen LogP contribution in [0.25, 0.3) is 33.4 Å². The first kappa shape index (κ1) is 38.9. The van der Waals surface area contributed by atoms with Crippen molar-refractivity contribution in [3.05, 3.63) is 106 Å². The molecular formula is C37H33F7N10O3. The summed E-state index contributed by atoms with van der Waals surface area (Å²) in [6.45, 7) is -0.593. The van der Waals surface area contributed by atoms with E-state index in [1.54, 1.807) is 7.05 Å². The lowest BCUT2D eigenvalue weighted by Gasteiger charge is -2.37. The zero-order valence-corrected chi connectivity index (χ0v) is 30.7. The van der Waals surface area contributed by atoms with Crippen molar-refractivity contribution < 1.29 is 40.3 Å². The second-order valence-corrected chi connectivity index (χ2v) is 14.4. The highest BCUT2D eigenvalue weighted by atomic mass is 19.4. The lowest BCUT2D eigenvalue weighted by molar-refractivity contribution is -0.141. The SMILES string of the molecule is Cn1cc(-c2cc(C(F)(F)F)nn2CC(C)(C)NC(=O)[C@@H](Cc2cnn(C(F)F)c2)N2CCc3c(-c4cc5cnn(C)c5cc4F)ncc(F)c3C2=O)ccc1=O. The Morgan fingerprint density at radius 2 is 1.72 bits per heavy atom. The summed E-state index contributed by atoms with van der Waals surface area (Å²) < 4.78 is 104. The van der Waals surface area contributed by atoms with Gasteiger partial charge in [-0.05, 0) is 49.6 Å². The second-order valence-electron chi connectivity index (χ2n) is 14.4. The minimum Gasteiger partial charge on any atom is -0.348 e. The minimum absolute atomic E-state index is 0.00662. The number of halogens is 7. The van der Waals surface area contributed by atoms with E-state index in [4.69, 9.17) is 0 Å². The normalized spacial score (nSPS) is 14.1. The van der Waals surface area contributed by atoms with Gasteiger partial charge in [0.15, 0.2) is 11.5 Å². The number of pyridine rings is 2. The maximum Gasteiger partial charge on any atom is 0.435 e. The van der Waals surface area contributed by atoms with Crippen molar-refractivity contribution >= 4 is 22.7 Å². The molecule has 6 aromatic rings. The first-order valence-electron chi connectivity index (χ1n) is 17.4. The van der Waals surface area contributed by atoms with Crippen LogP contribution in [0.3, 0.4) is 0 Å². The Hall–Kier alpha value is -6.34. The molecular weight excluding hydrogens is 765 g/mol. The Morgan fingerprint density at radius 3 is 2.40 bits per heavy atom. The van der Waals surface area contributed by atoms with Crippen LogP contribution in [-0.4, -0.2) is 73.7 Å². The molecule has 2 amide bonds. The second kappa shape index (κ2) is 14.3. The molecule has 0 fully saturated rings. The number of hydrogen-bond acceptors (Lipinski definition) is 7. The summed E-state index contributed by atoms with van der Waals surface area (Å²) in [5.41, 5.74) is -2.58. The van der Waals surface area contributed by atoms with Crippen LogP contribution in [0.1, 0.15) is 47.6 Å². The van der Waals surface area contributed by atoms with E-state index < -0.39 is 64.6 Å². The van der Waals surface area contributed by atoms with Crippen molar-refractivity contribution in [2.45, 2.75) is 57.5 Å². The fraction of sp³-hybridized carbons (Fsp3) is 0.324. The summed E-state index contributed by atoms with van der Waals surface area (Å²) in [4.78, 5) is 45.8. The number of benzene rings is 1. The van der Waals surface area contributed by atoms with Crippen molar-refractivity contribution in [3.63, 3.8) is 0 Å². The molecule has 13 nitrogen and oxygen atoms in total. The Labute approximate surface area is 318 Å². The first-order chi connectivity index (χ1) is 26.8. The molecule has 1 atom stereocenters. The smallest absolute Gasteiger partial charge is 0.348 e. The number of nitrogens with zero attached hydrogens (tertiary/aromatic N) is 9. The van der Waals surface area contributed by atoms with Crippen molar-refractivity contribution in [1.82, 2.24) is 49.1 Å². The highest BCUT2D eigenvalue weighted by Crippen LogP contribution is 2.35. The van der Waals surface area contributed by atoms with Gasteiger partial charge in [0.1, 0.15) is 11.9 Å². The number of fused-ring (bicyclic) bond motifs is 2. The molecule has 298 valence electrons. The molecule has 5 aromatic heterocycles. The van der Waals surface area contributed by atoms with Gasteiger partial charge in [0.05, 0.1) is 53.1 Å². The molecule has 0 spiro atoms. The van der Waals surface area contributed by atoms with Gasteiger partial charge in [0.25, 0.3) is 5.91 Å². The topological polar surface area (TPSA) is 138 Å². The third-order valence-corrected chi connectivity index (χ3v) is 9.72. The number of carbonyl (C=O) groups is 2. The van der Waals surface area contributed by atoms with E-state index in [2.05, 4.69) is 25.6 Å². The third kappa shape index (κ3) is 7.50. The Kier molecular flexibility index (Phi) is 9.77. The van der Waals surface area contributed by atoms with Gasteiger partial charge >= 0.3 is 12.7 Å². The predicted molar refractivity (Wildman–Crippen MR) is 190 cm³/mol. The lowest BCUT2D eigenvalue weighted by Crippen LogP contribution is -2.58. The molecule has 0 unspecified atom stereocenters. The number of carbonyl (C=O) groups excluding carboxylic acids is 2. The van der Waals surface area contributed by atoms with Crippen LogP contribution in [0.4, 0.5) is 30.7 Å². The van der Waals surface area contributed by atoms with Crippen LogP contribution in [0.15, 0.2) is 66.1 Å². The molecule has 1 aliphatic heterocycles. The molecule has 0 aliphatic carbocycles. The number of nitrogens with one attached hydrogen (secondary N) is 1. The van der Waals surface area contributed by atoms with Crippen molar-refractivity contribution in [1.29, 1.82) is 0 Å². The fourth-order valence-corrected chi connectivity index (χ4v) is 7.01. The van der Waals surface area contributed by atoms with Crippen molar-refractivity contribution in [2.24, 2.45) is 14.1 Å². The van der Waals surface area contributed by atoms with Crippen LogP contribution in [0.5, 0.6) is 0 Å². The molecule has 7 rings (SSSR count). The van der Waals surface area contributed by atoms with Crippen LogP contribution in [-0.2, 0) is 44.5 Å². The molecule has 20 heteroatoms. The summed E-state index contributed by atoms with van der Waals surface area (Å²) in [5, 5.41) is 14.8. The van der Waals surface area contributed by atoms with Crippen LogP contribution in [0, 0.1) is 11.6 Å². The highest BCUT2D eigenvalue weighted by Gasteiger charge is 2.40. The van der Waals surface area contributed by atoms with Gasteiger partial charge < -0.3 is 14.8 Å². The molecule has 1 N–H and O–H groups in total. The molecule has 0 saturated heterocycles. The standard InChI is InChI=1S/C37H33F7N10O3/c1-36(2,18-54-27(12-29(49-54)37(42,43)44)20-5-6-30(55)50(3)17-20)48-33(56)28(9-19-13-47-53(16-19)35(40)41)52-8-7-22-31(34(52)57)25(39)15-45-32(22)23-10-21-14-46-51(4)26(21)11-24(23)38/h5-6,10-17,28,35H,7-9,18H2,1-4H3,(H,48,56)/t28-/m1/s1. The van der Waals surface area contributed by atoms with E-state index in [0.29, 0.717) is 15.6 Å². The largest absolute Gasteiger partial charge is 0.435 e. The number of rotatable bonds is 10. The van der Waals surface area contributed by atoms with E-state index in [1.807, 2.05) is 0 Å². The molecule has 1 aliphatic rings. The van der Waals surface area contributed by atoms with Gasteiger partial charge in [-0.15, -0.1) is 0 Å². The number of alkyl halides is 5. The molecule has 6 heterocycles. The highest BCUT2D eigenvalue weighted by molar-refractivity contribution is 6.01. The molecule has 0 saturated carbocycles. The van der Waals surface area contributed by atoms with Gasteiger partial charge in [-0.3, -0.25) is 28.7 Å². The van der Waals surface area contributed by atoms with Gasteiger partial charge in [0.2, 0.25) is 11.5 Å². The van der Waals surface area contributed by atoms with Crippen LogP contribution >= 0.6 is 0 Å². The fourth-order valence-electron chi connectivity index (χ4n) is 7.01. The van der Waals surface area contributed by atoms with E-state index >= 15 is 8.78 Å². The Bertz CT molecular complexity index is 2610. The summed E-state index contributed by atoms with van der Waals surface area (Å²) in [7, 11) is 3.06. The third-order valence-electron chi connectivity index (χ3n) is 9.72. The molecule has 57 heavy (non-hydrogen) atoms. The lowest BCUT2D eigenvalue weighted by atomic mass is 9.91. The number of aryl methyl sites for hydroxylation is 2. The number of amides is 2. The maximum absolute atomic E-state index is 15.6. The zero-order chi connectivity index (χ0) is 41.1. The quantitative estimate of drug-likeness (QED) is 0.186. The number of aromatic nitrogens is 8. The van der Waals surface area contributed by atoms with Crippen LogP contribution in [0.2, 0.25) is 0 Å². The molecule has 0 radical (unpaired) electrons. The van der Waals surface area contributed by atoms with E-state index in [1.165, 1.54) is 66.8 Å². The van der Waals surface area contributed by atoms with Gasteiger partial charge in [-0.1, -0.05) is 0 Å². The maximum atomic E-state index is 15.6. The summed E-state index contributed by atoms with van der Waals surface area (Å²) >= 11 is 0. The molecule has 0 bridgehead atoms. The van der Waals surface area contributed by atoms with Gasteiger partial charge in [0, 0.05) is 68.1 Å². The average Bonchev–Trinajstić information content (AvgIpc) is 3.87. The Morgan fingerprint density at radius 1 is 0.965 bits per heavy atom. The average molecular weight is 799 g/mol. The van der Waals surface area contributed by atoms with Gasteiger partial charge in [-0.25, -0.2) is 13.5 Å². The zero-order valence-electron chi connectivity index (χ0n) is 30.7. The summed E-state index contributed by atoms with van der Waals surface area (Å²) in [6.07, 6.45) is 0.389. The predicted octanol–water partition coefficient (Wildman–Crippen LogP) is 5.29. The summed E-state index contributed by atoms with van der Waals surface area (Å²) in [5.74, 6) is -3.55. The van der Waals surface area contributed by atoms with E-state index in [9.17, 15) is 36.3 Å². The Balaban J connectivity index is 1.23. The first-order valence-corrected chi connectivity index (χ1v) is 17.4.